The number of hydrogen-bond acceptors (Lipinski definition) is 5. The Morgan fingerprint density at radius 3 is 2.48 bits per heavy atom. The molecule has 8 heteroatoms. The number of carbonyl (C=O) groups is 1. The summed E-state index contributed by atoms with van der Waals surface area (Å²) in [6.07, 6.45) is 3.07. The fourth-order valence-electron chi connectivity index (χ4n) is 2.20. The van der Waals surface area contributed by atoms with E-state index in [1.165, 1.54) is 0 Å². The highest BCUT2D eigenvalue weighted by Crippen LogP contribution is 2.25. The quantitative estimate of drug-likeness (QED) is 0.685. The smallest absolute Gasteiger partial charge is 0.263 e. The second-order valence-electron chi connectivity index (χ2n) is 5.82. The van der Waals surface area contributed by atoms with Crippen LogP contribution in [0, 0.1) is 13.8 Å². The Labute approximate surface area is 152 Å². The summed E-state index contributed by atoms with van der Waals surface area (Å²) in [6.45, 7) is 6.29. The number of anilines is 1. The molecule has 25 heavy (non-hydrogen) atoms. The van der Waals surface area contributed by atoms with Crippen LogP contribution in [0.1, 0.15) is 47.1 Å². The summed E-state index contributed by atoms with van der Waals surface area (Å²) in [5.41, 5.74) is 1.49. The molecule has 2 rings (SSSR count). The number of benzene rings is 1. The Bertz CT molecular complexity index is 827. The number of aryl methyl sites for hydroxylation is 2. The molecule has 0 saturated heterocycles. The number of amides is 1. The van der Waals surface area contributed by atoms with Crippen LogP contribution in [0.4, 0.5) is 5.13 Å². The summed E-state index contributed by atoms with van der Waals surface area (Å²) in [6, 6.07) is 6.55. The monoisotopic (exact) mass is 381 g/mol. The average molecular weight is 382 g/mol. The molecule has 0 atom stereocenters. The molecule has 0 aliphatic carbocycles. The van der Waals surface area contributed by atoms with Crippen molar-refractivity contribution in [3.8, 4) is 0 Å². The molecule has 6 nitrogen and oxygen atoms in total. The second kappa shape index (κ2) is 8.44. The van der Waals surface area contributed by atoms with Crippen LogP contribution < -0.4 is 10.0 Å². The molecule has 0 aliphatic heterocycles. The average Bonchev–Trinajstić information content (AvgIpc) is 2.91. The first-order valence-corrected chi connectivity index (χ1v) is 10.5. The van der Waals surface area contributed by atoms with Crippen molar-refractivity contribution in [1.82, 2.24) is 10.3 Å². The lowest BCUT2D eigenvalue weighted by Crippen LogP contribution is -2.24. The molecule has 0 spiro atoms. The van der Waals surface area contributed by atoms with Crippen molar-refractivity contribution in [3.63, 3.8) is 0 Å². The third-order valence-corrected chi connectivity index (χ3v) is 6.18. The van der Waals surface area contributed by atoms with Crippen molar-refractivity contribution in [1.29, 1.82) is 0 Å². The van der Waals surface area contributed by atoms with E-state index in [1.54, 1.807) is 31.2 Å². The fourth-order valence-corrected chi connectivity index (χ4v) is 4.32. The van der Waals surface area contributed by atoms with Gasteiger partial charge in [-0.1, -0.05) is 48.8 Å². The maximum absolute atomic E-state index is 12.4. The third-order valence-electron chi connectivity index (χ3n) is 3.62. The largest absolute Gasteiger partial charge is 0.351 e. The number of aromatic nitrogens is 1. The van der Waals surface area contributed by atoms with Gasteiger partial charge in [0.05, 0.1) is 10.6 Å². The number of nitrogens with zero attached hydrogens (tertiary/aromatic N) is 1. The van der Waals surface area contributed by atoms with Crippen LogP contribution >= 0.6 is 11.3 Å². The van der Waals surface area contributed by atoms with E-state index in [4.69, 9.17) is 0 Å². The molecule has 2 N–H and O–H groups in total. The third kappa shape index (κ3) is 5.27. The summed E-state index contributed by atoms with van der Waals surface area (Å²) < 4.78 is 27.3. The Morgan fingerprint density at radius 2 is 1.84 bits per heavy atom. The van der Waals surface area contributed by atoms with Gasteiger partial charge in [-0.25, -0.2) is 13.4 Å². The van der Waals surface area contributed by atoms with E-state index >= 15 is 0 Å². The molecule has 0 unspecified atom stereocenters. The van der Waals surface area contributed by atoms with Gasteiger partial charge in [-0.05, 0) is 32.4 Å². The Morgan fingerprint density at radius 1 is 1.16 bits per heavy atom. The fraction of sp³-hybridized carbons (Fsp3) is 0.412. The Kier molecular flexibility index (Phi) is 6.55. The van der Waals surface area contributed by atoms with Gasteiger partial charge in [0.2, 0.25) is 0 Å². The molecule has 0 radical (unpaired) electrons. The zero-order chi connectivity index (χ0) is 18.4. The number of thiazole rings is 1. The summed E-state index contributed by atoms with van der Waals surface area (Å²) in [4.78, 5) is 17.0. The van der Waals surface area contributed by atoms with Crippen LogP contribution in [-0.2, 0) is 10.0 Å². The summed E-state index contributed by atoms with van der Waals surface area (Å²) >= 11 is 1.04. The molecule has 1 aromatic carbocycles. The molecule has 136 valence electrons. The van der Waals surface area contributed by atoms with E-state index in [2.05, 4.69) is 21.9 Å². The van der Waals surface area contributed by atoms with Crippen molar-refractivity contribution in [2.24, 2.45) is 0 Å². The topological polar surface area (TPSA) is 88.2 Å². The Hall–Kier alpha value is -1.93. The predicted octanol–water partition coefficient (Wildman–Crippen LogP) is 3.48. The molecular formula is C17H23N3O3S2. The van der Waals surface area contributed by atoms with Gasteiger partial charge in [-0.3, -0.25) is 9.52 Å². The summed E-state index contributed by atoms with van der Waals surface area (Å²) in [7, 11) is -3.72. The standard InChI is InChI=1S/C17H23N3O3S2/c1-4-5-6-11-18-16(21)15-13(3)19-17(24-15)20-25(22,23)14-9-7-12(2)8-10-14/h7-10H,4-6,11H2,1-3H3,(H,18,21)(H,19,20). The number of hydrogen-bond donors (Lipinski definition) is 2. The van der Waals surface area contributed by atoms with Crippen LogP contribution in [0.2, 0.25) is 0 Å². The number of unbranched alkanes of at least 4 members (excludes halogenated alkanes) is 2. The Balaban J connectivity index is 2.08. The predicted molar refractivity (Wildman–Crippen MR) is 101 cm³/mol. The highest BCUT2D eigenvalue weighted by molar-refractivity contribution is 7.93. The van der Waals surface area contributed by atoms with Crippen LogP contribution in [0.3, 0.4) is 0 Å². The molecule has 0 aliphatic rings. The first-order chi connectivity index (χ1) is 11.8. The van der Waals surface area contributed by atoms with Gasteiger partial charge in [-0.2, -0.15) is 0 Å². The molecule has 2 aromatic rings. The van der Waals surface area contributed by atoms with E-state index in [9.17, 15) is 13.2 Å². The molecule has 0 fully saturated rings. The van der Waals surface area contributed by atoms with Crippen LogP contribution in [0.15, 0.2) is 29.2 Å². The van der Waals surface area contributed by atoms with Crippen molar-refractivity contribution in [2.75, 3.05) is 11.3 Å². The highest BCUT2D eigenvalue weighted by atomic mass is 32.2. The number of sulfonamides is 1. The van der Waals surface area contributed by atoms with Crippen LogP contribution in [0.25, 0.3) is 0 Å². The number of carbonyl (C=O) groups excluding carboxylic acids is 1. The van der Waals surface area contributed by atoms with Crippen molar-refractivity contribution in [2.45, 2.75) is 44.9 Å². The van der Waals surface area contributed by atoms with Crippen LogP contribution in [0.5, 0.6) is 0 Å². The molecule has 1 aromatic heterocycles. The highest BCUT2D eigenvalue weighted by Gasteiger charge is 2.20. The molecule has 1 amide bonds. The van der Waals surface area contributed by atoms with E-state index in [0.717, 1.165) is 36.2 Å². The van der Waals surface area contributed by atoms with Gasteiger partial charge in [0, 0.05) is 6.54 Å². The van der Waals surface area contributed by atoms with Gasteiger partial charge in [0.25, 0.3) is 15.9 Å². The van der Waals surface area contributed by atoms with Gasteiger partial charge in [-0.15, -0.1) is 0 Å². The second-order valence-corrected chi connectivity index (χ2v) is 8.50. The van der Waals surface area contributed by atoms with Crippen molar-refractivity contribution < 1.29 is 13.2 Å². The van der Waals surface area contributed by atoms with Gasteiger partial charge >= 0.3 is 0 Å². The lowest BCUT2D eigenvalue weighted by molar-refractivity contribution is 0.0956. The summed E-state index contributed by atoms with van der Waals surface area (Å²) in [5, 5.41) is 3.03. The minimum Gasteiger partial charge on any atom is -0.351 e. The number of nitrogens with one attached hydrogen (secondary N) is 2. The zero-order valence-corrected chi connectivity index (χ0v) is 16.3. The van der Waals surface area contributed by atoms with Crippen molar-refractivity contribution >= 4 is 32.4 Å². The SMILES string of the molecule is CCCCCNC(=O)c1sc(NS(=O)(=O)c2ccc(C)cc2)nc1C. The molecule has 1 heterocycles. The van der Waals surface area contributed by atoms with Gasteiger partial charge in [0.15, 0.2) is 5.13 Å². The van der Waals surface area contributed by atoms with E-state index in [1.807, 2.05) is 6.92 Å². The maximum Gasteiger partial charge on any atom is 0.263 e. The van der Waals surface area contributed by atoms with Gasteiger partial charge in [0.1, 0.15) is 4.88 Å². The van der Waals surface area contributed by atoms with E-state index in [-0.39, 0.29) is 15.9 Å². The van der Waals surface area contributed by atoms with Gasteiger partial charge < -0.3 is 5.32 Å². The first-order valence-electron chi connectivity index (χ1n) is 8.18. The van der Waals surface area contributed by atoms with E-state index < -0.39 is 10.0 Å². The zero-order valence-electron chi connectivity index (χ0n) is 14.6. The molecular weight excluding hydrogens is 358 g/mol. The first kappa shape index (κ1) is 19.4. The molecule has 0 saturated carbocycles. The lowest BCUT2D eigenvalue weighted by atomic mass is 10.2. The maximum atomic E-state index is 12.4. The van der Waals surface area contributed by atoms with E-state index in [0.29, 0.717) is 17.1 Å². The minimum atomic E-state index is -3.72. The van der Waals surface area contributed by atoms with Crippen molar-refractivity contribution in [3.05, 3.63) is 40.4 Å². The summed E-state index contributed by atoms with van der Waals surface area (Å²) in [5.74, 6) is -0.216. The minimum absolute atomic E-state index is 0.163. The molecule has 0 bridgehead atoms. The lowest BCUT2D eigenvalue weighted by Gasteiger charge is -2.05. The number of rotatable bonds is 8. The normalized spacial score (nSPS) is 11.3. The van der Waals surface area contributed by atoms with Crippen LogP contribution in [-0.4, -0.2) is 25.9 Å².